The molecule has 1 heterocycles. The van der Waals surface area contributed by atoms with Gasteiger partial charge in [-0.3, -0.25) is 4.68 Å². The Morgan fingerprint density at radius 3 is 2.62 bits per heavy atom. The van der Waals surface area contributed by atoms with E-state index < -0.39 is 0 Å². The van der Waals surface area contributed by atoms with E-state index in [1.807, 2.05) is 14.0 Å². The van der Waals surface area contributed by atoms with E-state index in [0.29, 0.717) is 11.6 Å². The zero-order chi connectivity index (χ0) is 10.0. The first-order valence-corrected chi connectivity index (χ1v) is 4.41. The predicted octanol–water partition coefficient (Wildman–Crippen LogP) is 1.03. The van der Waals surface area contributed by atoms with E-state index in [1.54, 1.807) is 11.8 Å². The van der Waals surface area contributed by atoms with Crippen molar-refractivity contribution in [1.29, 1.82) is 0 Å². The maximum absolute atomic E-state index is 6.05. The van der Waals surface area contributed by atoms with Crippen LogP contribution in [0.25, 0.3) is 0 Å². The molecule has 1 rings (SSSR count). The minimum absolute atomic E-state index is 0.182. The van der Waals surface area contributed by atoms with Crippen LogP contribution in [0.1, 0.15) is 17.5 Å². The average Bonchev–Trinajstić information content (AvgIpc) is 2.34. The Morgan fingerprint density at radius 1 is 1.69 bits per heavy atom. The zero-order valence-corrected chi connectivity index (χ0v) is 8.80. The molecule has 74 valence electrons. The van der Waals surface area contributed by atoms with E-state index in [0.717, 1.165) is 11.4 Å². The van der Waals surface area contributed by atoms with Crippen molar-refractivity contribution < 1.29 is 4.74 Å². The molecule has 0 aromatic carbocycles. The van der Waals surface area contributed by atoms with Gasteiger partial charge < -0.3 is 10.5 Å². The summed E-state index contributed by atoms with van der Waals surface area (Å²) < 4.78 is 6.90. The van der Waals surface area contributed by atoms with Gasteiger partial charge >= 0.3 is 0 Å². The molecule has 0 fully saturated rings. The largest absolute Gasteiger partial charge is 0.374 e. The second-order valence-electron chi connectivity index (χ2n) is 2.87. The average molecular weight is 204 g/mol. The van der Waals surface area contributed by atoms with Crippen LogP contribution in [-0.4, -0.2) is 23.4 Å². The molecule has 1 atom stereocenters. The van der Waals surface area contributed by atoms with Crippen molar-refractivity contribution in [3.63, 3.8) is 0 Å². The molecule has 1 aromatic rings. The van der Waals surface area contributed by atoms with Gasteiger partial charge in [-0.05, 0) is 6.92 Å². The lowest BCUT2D eigenvalue weighted by atomic mass is 10.2. The predicted molar refractivity (Wildman–Crippen MR) is 51.8 cm³/mol. The number of hydrogen-bond acceptors (Lipinski definition) is 3. The fourth-order valence-corrected chi connectivity index (χ4v) is 1.60. The summed E-state index contributed by atoms with van der Waals surface area (Å²) in [6, 6.07) is 0. The van der Waals surface area contributed by atoms with Gasteiger partial charge in [0, 0.05) is 20.7 Å². The van der Waals surface area contributed by atoms with Gasteiger partial charge in [0.15, 0.2) is 0 Å². The van der Waals surface area contributed by atoms with Gasteiger partial charge in [-0.2, -0.15) is 5.10 Å². The molecular weight excluding hydrogens is 190 g/mol. The normalized spacial score (nSPS) is 13.3. The molecule has 4 nitrogen and oxygen atoms in total. The van der Waals surface area contributed by atoms with E-state index >= 15 is 0 Å². The first-order chi connectivity index (χ1) is 6.11. The molecule has 0 radical (unpaired) electrons. The molecule has 0 saturated carbocycles. The molecule has 0 aliphatic heterocycles. The van der Waals surface area contributed by atoms with Crippen molar-refractivity contribution in [1.82, 2.24) is 9.78 Å². The molecular formula is C8H14ClN3O. The van der Waals surface area contributed by atoms with Crippen LogP contribution in [0, 0.1) is 6.92 Å². The summed E-state index contributed by atoms with van der Waals surface area (Å²) in [5, 5.41) is 4.82. The molecule has 0 spiro atoms. The molecule has 0 aliphatic rings. The number of aromatic nitrogens is 2. The number of rotatable bonds is 3. The lowest BCUT2D eigenvalue weighted by Crippen LogP contribution is -2.17. The van der Waals surface area contributed by atoms with Gasteiger partial charge in [0.05, 0.1) is 16.4 Å². The van der Waals surface area contributed by atoms with E-state index in [9.17, 15) is 0 Å². The highest BCUT2D eigenvalue weighted by atomic mass is 35.5. The van der Waals surface area contributed by atoms with Crippen molar-refractivity contribution in [3.8, 4) is 0 Å². The number of hydrogen-bond donors (Lipinski definition) is 1. The number of nitrogens with zero attached hydrogens (tertiary/aromatic N) is 2. The maximum atomic E-state index is 6.05. The molecule has 1 aromatic heterocycles. The van der Waals surface area contributed by atoms with Crippen LogP contribution < -0.4 is 5.73 Å². The molecule has 1 unspecified atom stereocenters. The fraction of sp³-hybridized carbons (Fsp3) is 0.625. The van der Waals surface area contributed by atoms with Crippen LogP contribution in [0.3, 0.4) is 0 Å². The summed E-state index contributed by atoms with van der Waals surface area (Å²) in [5.74, 6) is 0. The molecule has 13 heavy (non-hydrogen) atoms. The molecule has 2 N–H and O–H groups in total. The Labute approximate surface area is 82.6 Å². The van der Waals surface area contributed by atoms with Gasteiger partial charge in [0.1, 0.15) is 6.10 Å². The highest BCUT2D eigenvalue weighted by Crippen LogP contribution is 2.26. The summed E-state index contributed by atoms with van der Waals surface area (Å²) in [5.41, 5.74) is 7.18. The molecule has 0 amide bonds. The summed E-state index contributed by atoms with van der Waals surface area (Å²) in [6.07, 6.45) is -0.182. The van der Waals surface area contributed by atoms with Gasteiger partial charge in [-0.1, -0.05) is 11.6 Å². The maximum Gasteiger partial charge on any atom is 0.112 e. The van der Waals surface area contributed by atoms with E-state index in [-0.39, 0.29) is 6.10 Å². The molecule has 0 saturated heterocycles. The number of methoxy groups -OCH3 is 1. The smallest absolute Gasteiger partial charge is 0.112 e. The fourth-order valence-electron chi connectivity index (χ4n) is 1.32. The van der Waals surface area contributed by atoms with Crippen molar-refractivity contribution in [2.75, 3.05) is 13.7 Å². The van der Waals surface area contributed by atoms with Crippen LogP contribution >= 0.6 is 11.6 Å². The van der Waals surface area contributed by atoms with Crippen LogP contribution in [0.4, 0.5) is 0 Å². The second-order valence-corrected chi connectivity index (χ2v) is 3.25. The highest BCUT2D eigenvalue weighted by molar-refractivity contribution is 6.31. The van der Waals surface area contributed by atoms with Gasteiger partial charge in [0.25, 0.3) is 0 Å². The second kappa shape index (κ2) is 4.09. The van der Waals surface area contributed by atoms with E-state index in [2.05, 4.69) is 5.10 Å². The quantitative estimate of drug-likeness (QED) is 0.799. The van der Waals surface area contributed by atoms with Crippen molar-refractivity contribution in [2.45, 2.75) is 13.0 Å². The summed E-state index contributed by atoms with van der Waals surface area (Å²) >= 11 is 6.05. The Balaban J connectivity index is 3.11. The molecule has 0 aliphatic carbocycles. The first-order valence-electron chi connectivity index (χ1n) is 4.03. The Morgan fingerprint density at radius 2 is 2.31 bits per heavy atom. The standard InChI is InChI=1S/C8H14ClN3O/c1-5-7(9)8(12(2)11-5)6(4-10)13-3/h6H,4,10H2,1-3H3. The Kier molecular flexibility index (Phi) is 3.30. The van der Waals surface area contributed by atoms with Crippen molar-refractivity contribution >= 4 is 11.6 Å². The molecule has 5 heteroatoms. The molecule has 0 bridgehead atoms. The summed E-state index contributed by atoms with van der Waals surface area (Å²) in [4.78, 5) is 0. The van der Waals surface area contributed by atoms with Crippen LogP contribution in [-0.2, 0) is 11.8 Å². The third-order valence-corrected chi connectivity index (χ3v) is 2.46. The third-order valence-electron chi connectivity index (χ3n) is 1.99. The van der Waals surface area contributed by atoms with Crippen molar-refractivity contribution in [3.05, 3.63) is 16.4 Å². The SMILES string of the molecule is COC(CN)c1c(Cl)c(C)nn1C. The highest BCUT2D eigenvalue weighted by Gasteiger charge is 2.19. The lowest BCUT2D eigenvalue weighted by molar-refractivity contribution is 0.103. The van der Waals surface area contributed by atoms with Gasteiger partial charge in [-0.15, -0.1) is 0 Å². The van der Waals surface area contributed by atoms with Crippen LogP contribution in [0.2, 0.25) is 5.02 Å². The number of ether oxygens (including phenoxy) is 1. The van der Waals surface area contributed by atoms with E-state index in [1.165, 1.54) is 0 Å². The first kappa shape index (κ1) is 10.5. The Hall–Kier alpha value is -0.580. The third kappa shape index (κ3) is 1.85. The summed E-state index contributed by atoms with van der Waals surface area (Å²) in [7, 11) is 3.44. The zero-order valence-electron chi connectivity index (χ0n) is 8.04. The minimum atomic E-state index is -0.182. The van der Waals surface area contributed by atoms with Crippen molar-refractivity contribution in [2.24, 2.45) is 12.8 Å². The van der Waals surface area contributed by atoms with Gasteiger partial charge in [-0.25, -0.2) is 0 Å². The van der Waals surface area contributed by atoms with E-state index in [4.69, 9.17) is 22.1 Å². The lowest BCUT2D eigenvalue weighted by Gasteiger charge is -2.13. The number of nitrogens with two attached hydrogens (primary N) is 1. The number of aryl methyl sites for hydroxylation is 2. The summed E-state index contributed by atoms with van der Waals surface area (Å²) in [6.45, 7) is 2.25. The number of halogens is 1. The van der Waals surface area contributed by atoms with Gasteiger partial charge in [0.2, 0.25) is 0 Å². The van der Waals surface area contributed by atoms with Crippen LogP contribution in [0.5, 0.6) is 0 Å². The minimum Gasteiger partial charge on any atom is -0.374 e. The van der Waals surface area contributed by atoms with Crippen LogP contribution in [0.15, 0.2) is 0 Å². The topological polar surface area (TPSA) is 53.1 Å². The Bertz CT molecular complexity index is 294. The monoisotopic (exact) mass is 203 g/mol.